The molecule has 4 aliphatic rings. The Hall–Kier alpha value is -7.17. The van der Waals surface area contributed by atoms with Crippen LogP contribution in [0.2, 0.25) is 0 Å². The van der Waals surface area contributed by atoms with Gasteiger partial charge in [0.1, 0.15) is 35.3 Å². The number of benzene rings is 3. The molecule has 348 valence electrons. The predicted molar refractivity (Wildman–Crippen MR) is 246 cm³/mol. The number of rotatable bonds is 11. The van der Waals surface area contributed by atoms with Crippen molar-refractivity contribution >= 4 is 34.9 Å². The summed E-state index contributed by atoms with van der Waals surface area (Å²) in [5.74, 6) is 0.854. The largest absolute Gasteiger partial charge is 0.465 e. The summed E-state index contributed by atoms with van der Waals surface area (Å²) in [6, 6.07) is 19.1. The zero-order valence-electron chi connectivity index (χ0n) is 38.2. The minimum absolute atomic E-state index is 0.105. The molecular formula is C50H54FN9O7. The summed E-state index contributed by atoms with van der Waals surface area (Å²) in [5, 5.41) is 6.29. The van der Waals surface area contributed by atoms with Crippen molar-refractivity contribution in [1.82, 2.24) is 44.9 Å². The van der Waals surface area contributed by atoms with E-state index in [1.807, 2.05) is 97.8 Å². The zero-order chi connectivity index (χ0) is 46.8. The van der Waals surface area contributed by atoms with Crippen LogP contribution in [-0.4, -0.2) is 97.2 Å². The fourth-order valence-electron chi connectivity index (χ4n) is 10.3. The van der Waals surface area contributed by atoms with Gasteiger partial charge in [0, 0.05) is 34.7 Å². The van der Waals surface area contributed by atoms with Crippen LogP contribution >= 0.6 is 0 Å². The molecule has 10 rings (SSSR count). The fraction of sp³-hybridized carbons (Fsp3) is 0.400. The Labute approximate surface area is 386 Å². The molecule has 0 radical (unpaired) electrons. The van der Waals surface area contributed by atoms with Crippen LogP contribution in [0, 0.1) is 23.6 Å². The van der Waals surface area contributed by atoms with E-state index >= 15 is 4.39 Å². The number of piperidine rings is 1. The number of imidazole rings is 2. The summed E-state index contributed by atoms with van der Waals surface area (Å²) in [7, 11) is 2.55. The van der Waals surface area contributed by atoms with Gasteiger partial charge in [0.05, 0.1) is 66.9 Å². The molecule has 6 aromatic rings. The maximum absolute atomic E-state index is 16.8. The molecule has 3 aliphatic heterocycles. The SMILES string of the molecule is COC(=O)N[C@H](C(=O)N1CCC[C@H]1c1ncc(-c2cc(F)c3c(c2)OC(c2ccccc2)n2c-3cc3cc(-c4cnc([C@@H]5C[C@H]6C[C@H]6N5C(=O)[C@@H](NC(=O)OC)C(C)C)[nH]4)ccc32)[nH]1)C(C)C. The van der Waals surface area contributed by atoms with Gasteiger partial charge in [-0.25, -0.2) is 23.9 Å². The van der Waals surface area contributed by atoms with Gasteiger partial charge in [0.25, 0.3) is 0 Å². The number of hydrogen-bond donors (Lipinski definition) is 4. The lowest BCUT2D eigenvalue weighted by Gasteiger charge is -2.31. The lowest BCUT2D eigenvalue weighted by molar-refractivity contribution is -0.137. The van der Waals surface area contributed by atoms with E-state index in [0.29, 0.717) is 58.8 Å². The second kappa shape index (κ2) is 17.2. The minimum Gasteiger partial charge on any atom is -0.465 e. The second-order valence-corrected chi connectivity index (χ2v) is 18.7. The average Bonchev–Trinajstić information content (AvgIpc) is 3.99. The van der Waals surface area contributed by atoms with Gasteiger partial charge in [-0.3, -0.25) is 9.59 Å². The summed E-state index contributed by atoms with van der Waals surface area (Å²) >= 11 is 0. The molecule has 16 nitrogen and oxygen atoms in total. The number of H-pyrrole nitrogens is 2. The number of carbonyl (C=O) groups is 4. The Balaban J connectivity index is 0.955. The van der Waals surface area contributed by atoms with Crippen LogP contribution in [0.4, 0.5) is 14.0 Å². The van der Waals surface area contributed by atoms with Crippen molar-refractivity contribution in [2.75, 3.05) is 20.8 Å². The first-order chi connectivity index (χ1) is 32.3. The first-order valence-corrected chi connectivity index (χ1v) is 23.0. The van der Waals surface area contributed by atoms with E-state index in [2.05, 4.69) is 25.6 Å². The molecule has 7 atom stereocenters. The lowest BCUT2D eigenvalue weighted by atomic mass is 10.0. The van der Waals surface area contributed by atoms with Gasteiger partial charge in [-0.1, -0.05) is 64.1 Å². The number of likely N-dealkylation sites (tertiary alicyclic amines) is 2. The van der Waals surface area contributed by atoms with Crippen molar-refractivity contribution < 1.29 is 37.8 Å². The van der Waals surface area contributed by atoms with Gasteiger partial charge < -0.3 is 49.2 Å². The topological polar surface area (TPSA) is 189 Å². The van der Waals surface area contributed by atoms with Crippen LogP contribution < -0.4 is 15.4 Å². The number of nitrogens with one attached hydrogen (secondary N) is 4. The van der Waals surface area contributed by atoms with Crippen molar-refractivity contribution in [3.05, 3.63) is 102 Å². The highest BCUT2D eigenvalue weighted by Gasteiger charge is 2.56. The molecule has 4 amide bonds. The van der Waals surface area contributed by atoms with E-state index in [0.717, 1.165) is 47.0 Å². The van der Waals surface area contributed by atoms with E-state index in [4.69, 9.17) is 19.2 Å². The maximum atomic E-state index is 16.8. The number of ether oxygens (including phenoxy) is 3. The molecule has 2 saturated heterocycles. The minimum atomic E-state index is -0.771. The van der Waals surface area contributed by atoms with Crippen LogP contribution in [0.3, 0.4) is 0 Å². The number of amides is 4. The number of alkyl carbamates (subject to hydrolysis) is 2. The summed E-state index contributed by atoms with van der Waals surface area (Å²) in [6.07, 6.45) is 4.64. The van der Waals surface area contributed by atoms with E-state index in [9.17, 15) is 19.2 Å². The van der Waals surface area contributed by atoms with Crippen molar-refractivity contribution in [1.29, 1.82) is 0 Å². The first-order valence-electron chi connectivity index (χ1n) is 23.0. The van der Waals surface area contributed by atoms with E-state index in [1.165, 1.54) is 20.3 Å². The van der Waals surface area contributed by atoms with Crippen LogP contribution in [-0.2, 0) is 19.1 Å². The quantitative estimate of drug-likeness (QED) is 0.0992. The normalized spacial score (nSPS) is 21.4. The van der Waals surface area contributed by atoms with Gasteiger partial charge in [0.15, 0.2) is 0 Å². The Morgan fingerprint density at radius 2 is 1.45 bits per heavy atom. The predicted octanol–water partition coefficient (Wildman–Crippen LogP) is 8.25. The maximum Gasteiger partial charge on any atom is 0.407 e. The monoisotopic (exact) mass is 911 g/mol. The van der Waals surface area contributed by atoms with E-state index in [1.54, 1.807) is 17.3 Å². The molecule has 0 bridgehead atoms. The number of halogens is 1. The molecule has 3 aromatic heterocycles. The number of fused-ring (bicyclic) bond motifs is 6. The Morgan fingerprint density at radius 1 is 0.791 bits per heavy atom. The second-order valence-electron chi connectivity index (χ2n) is 18.7. The molecule has 17 heteroatoms. The van der Waals surface area contributed by atoms with Gasteiger partial charge in [0.2, 0.25) is 18.0 Å². The zero-order valence-corrected chi connectivity index (χ0v) is 38.2. The van der Waals surface area contributed by atoms with Gasteiger partial charge in [-0.2, -0.15) is 0 Å². The first kappa shape index (κ1) is 43.7. The third-order valence-electron chi connectivity index (χ3n) is 13.8. The molecule has 3 fully saturated rings. The summed E-state index contributed by atoms with van der Waals surface area (Å²) in [4.78, 5) is 72.1. The Morgan fingerprint density at radius 3 is 2.12 bits per heavy atom. The highest BCUT2D eigenvalue weighted by Crippen LogP contribution is 2.54. The number of carbonyl (C=O) groups excluding carboxylic acids is 4. The number of hydrogen-bond acceptors (Lipinski definition) is 9. The Kier molecular flexibility index (Phi) is 11.2. The number of aromatic amines is 2. The number of nitrogens with zero attached hydrogens (tertiary/aromatic N) is 5. The van der Waals surface area contributed by atoms with Crippen molar-refractivity contribution in [2.45, 2.75) is 89.8 Å². The van der Waals surface area contributed by atoms with E-state index in [-0.39, 0.29) is 41.8 Å². The molecule has 67 heavy (non-hydrogen) atoms. The van der Waals surface area contributed by atoms with Crippen LogP contribution in [0.5, 0.6) is 5.75 Å². The smallest absolute Gasteiger partial charge is 0.407 e. The molecule has 0 spiro atoms. The van der Waals surface area contributed by atoms with Crippen molar-refractivity contribution in [3.63, 3.8) is 0 Å². The lowest BCUT2D eigenvalue weighted by Crippen LogP contribution is -2.52. The average molecular weight is 912 g/mol. The molecule has 3 aromatic carbocycles. The van der Waals surface area contributed by atoms with Crippen molar-refractivity contribution in [3.8, 4) is 39.5 Å². The van der Waals surface area contributed by atoms with Gasteiger partial charge in [-0.05, 0) is 73.8 Å². The Bertz CT molecular complexity index is 2890. The number of aromatic nitrogens is 5. The molecule has 4 N–H and O–H groups in total. The molecular weight excluding hydrogens is 858 g/mol. The van der Waals surface area contributed by atoms with Crippen LogP contribution in [0.15, 0.2) is 79.1 Å². The van der Waals surface area contributed by atoms with Crippen LogP contribution in [0.1, 0.15) is 88.9 Å². The highest BCUT2D eigenvalue weighted by atomic mass is 19.1. The third-order valence-corrected chi connectivity index (χ3v) is 13.8. The number of methoxy groups -OCH3 is 2. The standard InChI is InChI=1S/C50H54FN9O7/c1-25(2)42(56-49(63)65-5)46(61)58-16-10-13-36(58)44-52-24-34(55-44)29-18-32(51)41-38-20-30-17-28(14-15-35(30)60(38)48(67-40(41)22-29)27-11-8-7-9-12-27)33-23-53-45(54-33)39-21-31-19-37(31)59(39)47(62)43(26(3)4)57-50(64)66-6/h7-9,11-12,14-15,17-18,20,22-26,31,36-37,39,42-43,48H,10,13,16,19,21H2,1-6H3,(H,52,55)(H,53,54)(H,56,63)(H,57,64)/t31-,36+,37-,39+,42+,43+,48?/m1/s1. The fourth-order valence-corrected chi connectivity index (χ4v) is 10.3. The summed E-state index contributed by atoms with van der Waals surface area (Å²) in [5.41, 5.74) is 5.46. The molecule has 6 heterocycles. The highest BCUT2D eigenvalue weighted by molar-refractivity contribution is 5.93. The van der Waals surface area contributed by atoms with Gasteiger partial charge in [-0.15, -0.1) is 0 Å². The molecule has 1 unspecified atom stereocenters. The van der Waals surface area contributed by atoms with Crippen LogP contribution in [0.25, 0.3) is 44.7 Å². The van der Waals surface area contributed by atoms with Crippen molar-refractivity contribution in [2.24, 2.45) is 17.8 Å². The van der Waals surface area contributed by atoms with Gasteiger partial charge >= 0.3 is 12.2 Å². The summed E-state index contributed by atoms with van der Waals surface area (Å²) in [6.45, 7) is 8.05. The molecule has 1 aliphatic carbocycles. The van der Waals surface area contributed by atoms with E-state index < -0.39 is 36.3 Å². The molecule has 1 saturated carbocycles. The third kappa shape index (κ3) is 7.82. The summed E-state index contributed by atoms with van der Waals surface area (Å²) < 4.78 is 35.3.